The lowest BCUT2D eigenvalue weighted by Crippen LogP contribution is -2.08. The summed E-state index contributed by atoms with van der Waals surface area (Å²) in [4.78, 5) is 21.3. The fourth-order valence-corrected chi connectivity index (χ4v) is 3.85. The van der Waals surface area contributed by atoms with E-state index in [4.69, 9.17) is 4.52 Å². The quantitative estimate of drug-likeness (QED) is 0.480. The van der Waals surface area contributed by atoms with Gasteiger partial charge >= 0.3 is 0 Å². The predicted octanol–water partition coefficient (Wildman–Crippen LogP) is 4.39. The maximum absolute atomic E-state index is 12.6. The summed E-state index contributed by atoms with van der Waals surface area (Å²) in [5.41, 5.74) is 3.72. The van der Waals surface area contributed by atoms with E-state index in [1.54, 1.807) is 18.5 Å². The Balaban J connectivity index is 1.33. The van der Waals surface area contributed by atoms with E-state index in [2.05, 4.69) is 31.8 Å². The van der Waals surface area contributed by atoms with Crippen LogP contribution in [0.1, 0.15) is 45.5 Å². The average Bonchev–Trinajstić information content (AvgIpc) is 3.42. The molecule has 1 amide bonds. The first-order valence-corrected chi connectivity index (χ1v) is 9.97. The van der Waals surface area contributed by atoms with Crippen LogP contribution in [-0.4, -0.2) is 26.8 Å². The molecule has 0 aliphatic carbocycles. The van der Waals surface area contributed by atoms with Crippen molar-refractivity contribution in [2.75, 3.05) is 0 Å². The molecule has 1 atom stereocenters. The fraction of sp³-hybridized carbons (Fsp3) is 0.167. The minimum atomic E-state index is -0.405. The summed E-state index contributed by atoms with van der Waals surface area (Å²) in [6.07, 6.45) is 7.75. The smallest absolute Gasteiger partial charge is 0.298 e. The Labute approximate surface area is 173 Å². The molecular weight excluding hydrogens is 376 g/mol. The van der Waals surface area contributed by atoms with Gasteiger partial charge in [0.1, 0.15) is 11.6 Å². The number of rotatable bonds is 4. The zero-order chi connectivity index (χ0) is 20.3. The Kier molecular flexibility index (Phi) is 4.81. The minimum Gasteiger partial charge on any atom is -0.360 e. The fourth-order valence-electron chi connectivity index (χ4n) is 3.85. The summed E-state index contributed by atoms with van der Waals surface area (Å²) >= 11 is 0. The molecular formula is C24H20N4O2. The van der Waals surface area contributed by atoms with E-state index < -0.39 is 5.91 Å². The molecule has 0 bridgehead atoms. The second-order valence-electron chi connectivity index (χ2n) is 7.35. The molecule has 2 aromatic heterocycles. The van der Waals surface area contributed by atoms with E-state index >= 15 is 0 Å². The first-order chi connectivity index (χ1) is 14.8. The van der Waals surface area contributed by atoms with Crippen LogP contribution in [0.4, 0.5) is 0 Å². The van der Waals surface area contributed by atoms with Crippen molar-refractivity contribution in [1.82, 2.24) is 14.7 Å². The summed E-state index contributed by atoms with van der Waals surface area (Å²) in [7, 11) is 0. The van der Waals surface area contributed by atoms with E-state index in [9.17, 15) is 4.79 Å². The highest BCUT2D eigenvalue weighted by atomic mass is 16.5. The number of amides is 1. The standard InChI is InChI=1S/C24H20N4O2/c29-24(21-15-20(30-27-21)14-17-6-2-1-3-7-17)26-16-19-11-10-18-8-4-5-9-22(18)28-13-12-25-23(19)28/h1-9,12-13,15-16,19H,10-11,14H2/t19-/m1/s1. The third kappa shape index (κ3) is 3.59. The minimum absolute atomic E-state index is 0.0490. The van der Waals surface area contributed by atoms with Crippen LogP contribution in [0, 0.1) is 0 Å². The van der Waals surface area contributed by atoms with Gasteiger partial charge in [-0.2, -0.15) is 0 Å². The number of aromatic nitrogens is 3. The van der Waals surface area contributed by atoms with Crippen LogP contribution in [-0.2, 0) is 12.8 Å². The van der Waals surface area contributed by atoms with Gasteiger partial charge < -0.3 is 9.09 Å². The Bertz CT molecular complexity index is 1210. The largest absolute Gasteiger partial charge is 0.360 e. The maximum atomic E-state index is 12.6. The molecule has 0 unspecified atom stereocenters. The van der Waals surface area contributed by atoms with Crippen LogP contribution in [0.5, 0.6) is 0 Å². The van der Waals surface area contributed by atoms with Gasteiger partial charge in [0, 0.05) is 36.8 Å². The van der Waals surface area contributed by atoms with Crippen molar-refractivity contribution in [2.45, 2.75) is 25.2 Å². The summed E-state index contributed by atoms with van der Waals surface area (Å²) in [6.45, 7) is 0. The monoisotopic (exact) mass is 396 g/mol. The Morgan fingerprint density at radius 1 is 1.17 bits per heavy atom. The number of nitrogens with zero attached hydrogens (tertiary/aromatic N) is 4. The van der Waals surface area contributed by atoms with Gasteiger partial charge in [0.25, 0.3) is 5.91 Å². The molecule has 30 heavy (non-hydrogen) atoms. The van der Waals surface area contributed by atoms with Crippen molar-refractivity contribution < 1.29 is 9.32 Å². The molecule has 0 fully saturated rings. The average molecular weight is 396 g/mol. The lowest BCUT2D eigenvalue weighted by molar-refractivity contribution is 0.0994. The van der Waals surface area contributed by atoms with Gasteiger partial charge in [0.2, 0.25) is 0 Å². The number of carbonyl (C=O) groups is 1. The van der Waals surface area contributed by atoms with Crippen molar-refractivity contribution in [3.8, 4) is 5.69 Å². The van der Waals surface area contributed by atoms with Crippen molar-refractivity contribution >= 4 is 12.1 Å². The number of aliphatic imine (C=N–C) groups is 1. The number of hydrogen-bond acceptors (Lipinski definition) is 4. The molecule has 2 aromatic carbocycles. The summed E-state index contributed by atoms with van der Waals surface area (Å²) in [6, 6.07) is 19.9. The summed E-state index contributed by atoms with van der Waals surface area (Å²) < 4.78 is 7.41. The van der Waals surface area contributed by atoms with E-state index in [0.29, 0.717) is 12.2 Å². The van der Waals surface area contributed by atoms with Gasteiger partial charge in [-0.1, -0.05) is 53.7 Å². The molecule has 3 heterocycles. The van der Waals surface area contributed by atoms with Gasteiger partial charge in [0.05, 0.1) is 5.92 Å². The second-order valence-corrected chi connectivity index (χ2v) is 7.35. The molecule has 0 spiro atoms. The first kappa shape index (κ1) is 18.2. The molecule has 5 rings (SSSR count). The summed E-state index contributed by atoms with van der Waals surface area (Å²) in [5.74, 6) is 1.08. The zero-order valence-corrected chi connectivity index (χ0v) is 16.3. The van der Waals surface area contributed by atoms with Crippen LogP contribution in [0.15, 0.2) is 82.6 Å². The van der Waals surface area contributed by atoms with Crippen molar-refractivity contribution in [3.05, 3.63) is 101 Å². The Morgan fingerprint density at radius 3 is 2.90 bits per heavy atom. The van der Waals surface area contributed by atoms with Crippen molar-refractivity contribution in [3.63, 3.8) is 0 Å². The lowest BCUT2D eigenvalue weighted by Gasteiger charge is -2.10. The topological polar surface area (TPSA) is 73.3 Å². The van der Waals surface area contributed by atoms with Gasteiger partial charge in [-0.25, -0.2) is 9.98 Å². The van der Waals surface area contributed by atoms with Crippen molar-refractivity contribution in [1.29, 1.82) is 0 Å². The molecule has 0 saturated carbocycles. The molecule has 0 saturated heterocycles. The predicted molar refractivity (Wildman–Crippen MR) is 113 cm³/mol. The number of benzene rings is 2. The Hall–Kier alpha value is -3.80. The number of fused-ring (bicyclic) bond motifs is 3. The highest BCUT2D eigenvalue weighted by molar-refractivity contribution is 5.98. The van der Waals surface area contributed by atoms with Crippen LogP contribution in [0.2, 0.25) is 0 Å². The maximum Gasteiger partial charge on any atom is 0.298 e. The van der Waals surface area contributed by atoms with Crippen molar-refractivity contribution in [2.24, 2.45) is 4.99 Å². The number of carbonyl (C=O) groups excluding carboxylic acids is 1. The molecule has 148 valence electrons. The highest BCUT2D eigenvalue weighted by Crippen LogP contribution is 2.29. The molecule has 6 heteroatoms. The molecule has 0 N–H and O–H groups in total. The molecule has 1 aliphatic heterocycles. The number of para-hydroxylation sites is 1. The normalized spacial score (nSPS) is 15.5. The molecule has 0 radical (unpaired) electrons. The molecule has 6 nitrogen and oxygen atoms in total. The summed E-state index contributed by atoms with van der Waals surface area (Å²) in [5, 5.41) is 3.90. The van der Waals surface area contributed by atoms with Gasteiger partial charge in [0.15, 0.2) is 5.69 Å². The van der Waals surface area contributed by atoms with Gasteiger partial charge in [-0.3, -0.25) is 4.79 Å². The van der Waals surface area contributed by atoms with Crippen LogP contribution < -0.4 is 0 Å². The van der Waals surface area contributed by atoms with Crippen LogP contribution >= 0.6 is 0 Å². The third-order valence-electron chi connectivity index (χ3n) is 5.35. The second kappa shape index (κ2) is 7.91. The number of hydrogen-bond donors (Lipinski definition) is 0. The number of imidazole rings is 1. The van der Waals surface area contributed by atoms with Gasteiger partial charge in [-0.15, -0.1) is 0 Å². The lowest BCUT2D eigenvalue weighted by atomic mass is 10.0. The van der Waals surface area contributed by atoms with Gasteiger partial charge in [-0.05, 0) is 30.0 Å². The van der Waals surface area contributed by atoms with Crippen LogP contribution in [0.25, 0.3) is 5.69 Å². The third-order valence-corrected chi connectivity index (χ3v) is 5.35. The SMILES string of the molecule is O=C(N=C[C@H]1CCc2ccccc2-n2ccnc21)c1cc(Cc2ccccc2)on1. The Morgan fingerprint density at radius 2 is 2.00 bits per heavy atom. The number of aryl methyl sites for hydroxylation is 1. The van der Waals surface area contributed by atoms with E-state index in [1.807, 2.05) is 48.7 Å². The van der Waals surface area contributed by atoms with E-state index in [-0.39, 0.29) is 11.6 Å². The highest BCUT2D eigenvalue weighted by Gasteiger charge is 2.22. The zero-order valence-electron chi connectivity index (χ0n) is 16.3. The van der Waals surface area contributed by atoms with E-state index in [0.717, 1.165) is 29.9 Å². The first-order valence-electron chi connectivity index (χ1n) is 9.97. The molecule has 1 aliphatic rings. The van der Waals surface area contributed by atoms with Crippen LogP contribution in [0.3, 0.4) is 0 Å². The van der Waals surface area contributed by atoms with E-state index in [1.165, 1.54) is 5.56 Å². The molecule has 4 aromatic rings.